The van der Waals surface area contributed by atoms with Gasteiger partial charge in [-0.3, -0.25) is 0 Å². The summed E-state index contributed by atoms with van der Waals surface area (Å²) >= 11 is 0. The normalized spacial score (nSPS) is 9.75. The first kappa shape index (κ1) is 19.6. The molecular weight excluding hydrogens is 303 g/mol. The number of hydrogen-bond donors (Lipinski definition) is 0. The van der Waals surface area contributed by atoms with Gasteiger partial charge in [-0.25, -0.2) is 12.1 Å². The summed E-state index contributed by atoms with van der Waals surface area (Å²) in [5.74, 6) is 0. The van der Waals surface area contributed by atoms with Crippen molar-refractivity contribution in [2.45, 2.75) is 39.5 Å². The van der Waals surface area contributed by atoms with Crippen molar-refractivity contribution in [3.8, 4) is 0 Å². The summed E-state index contributed by atoms with van der Waals surface area (Å²) in [6.45, 7) is 4.58. The second-order valence-electron chi connectivity index (χ2n) is 4.80. The molecule has 0 atom stereocenters. The van der Waals surface area contributed by atoms with Gasteiger partial charge < -0.3 is 30.3 Å². The van der Waals surface area contributed by atoms with E-state index in [2.05, 4.69) is 38.1 Å². The van der Waals surface area contributed by atoms with E-state index in [4.69, 9.17) is 0 Å². The smallest absolute Gasteiger partial charge is 0 e. The van der Waals surface area contributed by atoms with Crippen molar-refractivity contribution in [3.63, 3.8) is 0 Å². The van der Waals surface area contributed by atoms with Gasteiger partial charge in [-0.05, 0) is 12.3 Å². The third-order valence-electron chi connectivity index (χ3n) is 3.13. The van der Waals surface area contributed by atoms with E-state index in [1.54, 1.807) is 5.30 Å². The van der Waals surface area contributed by atoms with Crippen molar-refractivity contribution in [2.75, 3.05) is 12.3 Å². The summed E-state index contributed by atoms with van der Waals surface area (Å²) in [5, 5.41) is 1.63. The molecule has 20 heavy (non-hydrogen) atoms. The maximum atomic E-state index is 2.32. The van der Waals surface area contributed by atoms with Crippen LogP contribution in [0.25, 0.3) is 0 Å². The summed E-state index contributed by atoms with van der Waals surface area (Å²) in [6.07, 6.45) is 8.37. The van der Waals surface area contributed by atoms with Gasteiger partial charge in [0.15, 0.2) is 0 Å². The van der Waals surface area contributed by atoms with E-state index in [0.717, 1.165) is 0 Å². The Morgan fingerprint density at radius 3 is 1.55 bits per heavy atom. The van der Waals surface area contributed by atoms with Crippen LogP contribution in [-0.4, -0.2) is 12.3 Å². The molecule has 0 saturated carbocycles. The number of rotatable bonds is 7. The maximum Gasteiger partial charge on any atom is 0 e. The van der Waals surface area contributed by atoms with Crippen LogP contribution in [0.5, 0.6) is 0 Å². The first-order valence-corrected chi connectivity index (χ1v) is 9.23. The Bertz CT molecular complexity index is 339. The van der Waals surface area contributed by atoms with Gasteiger partial charge in [-0.15, -0.1) is 13.2 Å². The zero-order valence-corrected chi connectivity index (χ0v) is 14.7. The topological polar surface area (TPSA) is 0 Å². The summed E-state index contributed by atoms with van der Waals surface area (Å²) < 4.78 is 0. The molecule has 2 aromatic rings. The molecule has 0 aromatic heterocycles. The molecule has 0 unspecified atom stereocenters. The minimum Gasteiger partial charge on any atom is -0.748 e. The van der Waals surface area contributed by atoms with E-state index >= 15 is 0 Å². The Morgan fingerprint density at radius 2 is 1.20 bits per heavy atom. The molecule has 0 saturated heterocycles. The Balaban J connectivity index is 0.000000507. The first-order chi connectivity index (χ1) is 9.38. The summed E-state index contributed by atoms with van der Waals surface area (Å²) in [5.41, 5.74) is 0. The summed E-state index contributed by atoms with van der Waals surface area (Å²) in [6, 6.07) is 19.0. The van der Waals surface area contributed by atoms with Crippen LogP contribution in [0.2, 0.25) is 0 Å². The van der Waals surface area contributed by atoms with Gasteiger partial charge in [-0.2, -0.15) is 12.1 Å². The fourth-order valence-electron chi connectivity index (χ4n) is 1.96. The molecule has 2 aromatic carbocycles. The van der Waals surface area contributed by atoms with Gasteiger partial charge in [0.1, 0.15) is 0 Å². The number of hydrogen-bond acceptors (Lipinski definition) is 0. The van der Waals surface area contributed by atoms with Gasteiger partial charge >= 0.3 is 0 Å². The molecule has 2 rings (SSSR count). The maximum absolute atomic E-state index is 2.32. The minimum absolute atomic E-state index is 0. The molecule has 0 radical (unpaired) electrons. The molecule has 0 bridgehead atoms. The minimum atomic E-state index is 0. The predicted octanol–water partition coefficient (Wildman–Crippen LogP) is 5.52. The molecule has 0 heterocycles. The van der Waals surface area contributed by atoms with Crippen LogP contribution in [0.4, 0.5) is 0 Å². The molecule has 0 N–H and O–H groups in total. The Morgan fingerprint density at radius 1 is 0.800 bits per heavy atom. The van der Waals surface area contributed by atoms with Crippen LogP contribution in [-0.2, 0) is 17.1 Å². The van der Waals surface area contributed by atoms with Gasteiger partial charge in [0, 0.05) is 17.1 Å². The van der Waals surface area contributed by atoms with Crippen molar-refractivity contribution in [3.05, 3.63) is 54.6 Å². The van der Waals surface area contributed by atoms with Crippen LogP contribution < -0.4 is 5.30 Å². The molecule has 0 nitrogen and oxygen atoms in total. The second kappa shape index (κ2) is 13.6. The Kier molecular flexibility index (Phi) is 13.4. The van der Waals surface area contributed by atoms with Crippen LogP contribution in [0.1, 0.15) is 39.5 Å². The van der Waals surface area contributed by atoms with Gasteiger partial charge in [0.2, 0.25) is 0 Å². The molecule has 0 spiro atoms. The van der Waals surface area contributed by atoms with E-state index in [1.807, 2.05) is 30.3 Å². The molecule has 0 aliphatic heterocycles. The average Bonchev–Trinajstić information content (AvgIpc) is 3.14. The standard InChI is InChI=1S/C13H22P.C5H5.Fe/c1-3-5-11-14(12-6-4-2)13-9-7-8-10-13;1-2-4-5-3-1;/h7-10H,3-6,11-12H2,1-2H3;1-5H;/q-1;-5;. The van der Waals surface area contributed by atoms with Crippen molar-refractivity contribution in [1.82, 2.24) is 0 Å². The van der Waals surface area contributed by atoms with Crippen LogP contribution in [0, 0.1) is 0 Å². The Hall–Kier alpha value is -0.351. The van der Waals surface area contributed by atoms with Crippen LogP contribution >= 0.6 is 7.92 Å². The van der Waals surface area contributed by atoms with E-state index in [-0.39, 0.29) is 25.0 Å². The van der Waals surface area contributed by atoms with Crippen molar-refractivity contribution in [2.24, 2.45) is 0 Å². The first-order valence-electron chi connectivity index (χ1n) is 7.51. The van der Waals surface area contributed by atoms with Crippen LogP contribution in [0.15, 0.2) is 54.6 Å². The van der Waals surface area contributed by atoms with Crippen molar-refractivity contribution >= 4 is 13.2 Å². The molecule has 118 valence electrons. The predicted molar refractivity (Wildman–Crippen MR) is 90.2 cm³/mol. The average molecular weight is 330 g/mol. The molecule has 0 amide bonds. The summed E-state index contributed by atoms with van der Waals surface area (Å²) in [4.78, 5) is 0. The Labute approximate surface area is 136 Å². The van der Waals surface area contributed by atoms with Gasteiger partial charge in [0.25, 0.3) is 0 Å². The van der Waals surface area contributed by atoms with Crippen molar-refractivity contribution < 1.29 is 17.1 Å². The second-order valence-corrected chi connectivity index (χ2v) is 7.29. The van der Waals surface area contributed by atoms with E-state index < -0.39 is 0 Å². The van der Waals surface area contributed by atoms with Gasteiger partial charge in [-0.1, -0.05) is 39.5 Å². The summed E-state index contributed by atoms with van der Waals surface area (Å²) in [7, 11) is 0.169. The zero-order chi connectivity index (χ0) is 13.8. The fourth-order valence-corrected chi connectivity index (χ4v) is 4.69. The van der Waals surface area contributed by atoms with Crippen LogP contribution in [0.3, 0.4) is 0 Å². The number of unbranched alkanes of at least 4 members (excludes halogenated alkanes) is 2. The molecule has 0 aliphatic carbocycles. The van der Waals surface area contributed by atoms with E-state index in [9.17, 15) is 0 Å². The van der Waals surface area contributed by atoms with E-state index in [1.165, 1.54) is 38.0 Å². The fraction of sp³-hybridized carbons (Fsp3) is 0.444. The largest absolute Gasteiger partial charge is 0.748 e. The molecule has 2 heteroatoms. The van der Waals surface area contributed by atoms with Gasteiger partial charge in [0.05, 0.1) is 0 Å². The molecule has 0 fully saturated rings. The van der Waals surface area contributed by atoms with E-state index in [0.29, 0.717) is 0 Å². The SMILES string of the molecule is CCCCP(CCCC)[c-]1cccc1.[Fe].[cH-]1[cH-][cH-][cH-][cH-]1. The third-order valence-corrected chi connectivity index (χ3v) is 5.87. The zero-order valence-electron chi connectivity index (χ0n) is 12.7. The van der Waals surface area contributed by atoms with Crippen molar-refractivity contribution in [1.29, 1.82) is 0 Å². The third kappa shape index (κ3) is 8.75. The monoisotopic (exact) mass is 330 g/mol. The quantitative estimate of drug-likeness (QED) is 0.356. The molecular formula is C18H27FeP-6. The molecule has 0 aliphatic rings.